The Labute approximate surface area is 133 Å². The number of benzene rings is 1. The molecule has 1 aliphatic heterocycles. The number of rotatable bonds is 4. The van der Waals surface area contributed by atoms with Gasteiger partial charge in [-0.1, -0.05) is 0 Å². The van der Waals surface area contributed by atoms with Crippen molar-refractivity contribution in [2.45, 2.75) is 24.6 Å². The highest BCUT2D eigenvalue weighted by atomic mass is 19.4. The Hall–Kier alpha value is -1.78. The fourth-order valence-electron chi connectivity index (χ4n) is 2.79. The topological polar surface area (TPSA) is 48.3 Å². The van der Waals surface area contributed by atoms with Crippen molar-refractivity contribution in [3.05, 3.63) is 29.3 Å². The van der Waals surface area contributed by atoms with E-state index in [-0.39, 0.29) is 11.1 Å². The second kappa shape index (κ2) is 6.77. The summed E-state index contributed by atoms with van der Waals surface area (Å²) >= 11 is 0. The highest BCUT2D eigenvalue weighted by Crippen LogP contribution is 2.34. The molecular weight excluding hydrogens is 307 g/mol. The molecular formula is C16H20F3N3O. The van der Waals surface area contributed by atoms with E-state index in [0.29, 0.717) is 25.4 Å². The molecule has 0 aromatic heterocycles. The van der Waals surface area contributed by atoms with Crippen LogP contribution in [0.25, 0.3) is 0 Å². The van der Waals surface area contributed by atoms with E-state index in [0.717, 1.165) is 18.9 Å². The smallest absolute Gasteiger partial charge is 0.383 e. The number of hydrogen-bond acceptors (Lipinski definition) is 4. The highest BCUT2D eigenvalue weighted by molar-refractivity contribution is 5.53. The number of alkyl halides is 3. The van der Waals surface area contributed by atoms with E-state index in [1.54, 1.807) is 6.07 Å². The third-order valence-corrected chi connectivity index (χ3v) is 4.44. The number of ether oxygens (including phenoxy) is 1. The number of hydrogen-bond donors (Lipinski definition) is 1. The van der Waals surface area contributed by atoms with Gasteiger partial charge in [0.2, 0.25) is 0 Å². The summed E-state index contributed by atoms with van der Waals surface area (Å²) in [4.78, 5) is 2.09. The molecule has 0 spiro atoms. The summed E-state index contributed by atoms with van der Waals surface area (Å²) in [5.74, 6) is 0. The zero-order chi connectivity index (χ0) is 17.1. The predicted octanol–water partition coefficient (Wildman–Crippen LogP) is 3.10. The van der Waals surface area contributed by atoms with Gasteiger partial charge in [-0.25, -0.2) is 0 Å². The van der Waals surface area contributed by atoms with Crippen LogP contribution in [0.3, 0.4) is 0 Å². The van der Waals surface area contributed by atoms with E-state index >= 15 is 0 Å². The Morgan fingerprint density at radius 2 is 1.96 bits per heavy atom. The van der Waals surface area contributed by atoms with Crippen LogP contribution in [-0.4, -0.2) is 44.3 Å². The number of likely N-dealkylation sites (N-methyl/N-ethyl adjacent to an activating group) is 1. The van der Waals surface area contributed by atoms with Gasteiger partial charge in [0.25, 0.3) is 0 Å². The van der Waals surface area contributed by atoms with Gasteiger partial charge in [-0.3, -0.25) is 0 Å². The number of nitriles is 1. The van der Waals surface area contributed by atoms with Crippen LogP contribution in [0.5, 0.6) is 0 Å². The Bertz CT molecular complexity index is 587. The molecule has 0 radical (unpaired) electrons. The first-order valence-corrected chi connectivity index (χ1v) is 7.39. The fourth-order valence-corrected chi connectivity index (χ4v) is 2.79. The molecule has 0 saturated carbocycles. The number of nitrogens with one attached hydrogen (secondary N) is 1. The molecule has 1 saturated heterocycles. The van der Waals surface area contributed by atoms with Crippen molar-refractivity contribution in [1.82, 2.24) is 4.90 Å². The molecule has 4 nitrogen and oxygen atoms in total. The lowest BCUT2D eigenvalue weighted by molar-refractivity contribution is -0.137. The van der Waals surface area contributed by atoms with Crippen LogP contribution in [0.1, 0.15) is 24.0 Å². The van der Waals surface area contributed by atoms with Gasteiger partial charge in [0.15, 0.2) is 0 Å². The minimum atomic E-state index is -4.54. The van der Waals surface area contributed by atoms with Crippen molar-refractivity contribution in [3.63, 3.8) is 0 Å². The van der Waals surface area contributed by atoms with Crippen LogP contribution < -0.4 is 5.32 Å². The van der Waals surface area contributed by atoms with E-state index in [2.05, 4.69) is 10.2 Å². The molecule has 1 aromatic rings. The average Bonchev–Trinajstić information content (AvgIpc) is 2.52. The number of nitrogens with zero attached hydrogens (tertiary/aromatic N) is 2. The van der Waals surface area contributed by atoms with E-state index in [9.17, 15) is 13.2 Å². The maximum atomic E-state index is 13.0. The minimum Gasteiger partial charge on any atom is -0.383 e. The standard InChI is InChI=1S/C16H20F3N3O/c1-22(2)15(5-7-23-8-6-15)11-21-13-4-3-12(10-20)14(9-13)16(17,18)19/h3-4,9,21H,5-8,11H2,1-2H3. The van der Waals surface area contributed by atoms with Gasteiger partial charge < -0.3 is 15.0 Å². The Morgan fingerprint density at radius 3 is 2.48 bits per heavy atom. The summed E-state index contributed by atoms with van der Waals surface area (Å²) in [5.41, 5.74) is -1.05. The van der Waals surface area contributed by atoms with Crippen LogP contribution >= 0.6 is 0 Å². The van der Waals surface area contributed by atoms with Crippen LogP contribution in [0.15, 0.2) is 18.2 Å². The van der Waals surface area contributed by atoms with Crippen molar-refractivity contribution in [2.75, 3.05) is 39.2 Å². The van der Waals surface area contributed by atoms with Gasteiger partial charge in [0.05, 0.1) is 17.2 Å². The average molecular weight is 327 g/mol. The molecule has 0 bridgehead atoms. The summed E-state index contributed by atoms with van der Waals surface area (Å²) in [6, 6.07) is 5.31. The third-order valence-electron chi connectivity index (χ3n) is 4.44. The summed E-state index contributed by atoms with van der Waals surface area (Å²) in [6.07, 6.45) is -2.91. The number of anilines is 1. The molecule has 0 amide bonds. The molecule has 2 rings (SSSR count). The van der Waals surface area contributed by atoms with Gasteiger partial charge in [-0.2, -0.15) is 18.4 Å². The van der Waals surface area contributed by atoms with Crippen molar-refractivity contribution in [3.8, 4) is 6.07 Å². The Kier molecular flexibility index (Phi) is 5.17. The lowest BCUT2D eigenvalue weighted by Crippen LogP contribution is -2.53. The van der Waals surface area contributed by atoms with Crippen molar-refractivity contribution >= 4 is 5.69 Å². The molecule has 1 heterocycles. The van der Waals surface area contributed by atoms with Gasteiger partial charge in [0, 0.05) is 31.0 Å². The SMILES string of the molecule is CN(C)C1(CNc2ccc(C#N)c(C(F)(F)F)c2)CCOCC1. The predicted molar refractivity (Wildman–Crippen MR) is 81.1 cm³/mol. The normalized spacial score (nSPS) is 17.8. The van der Waals surface area contributed by atoms with Crippen LogP contribution in [-0.2, 0) is 10.9 Å². The largest absolute Gasteiger partial charge is 0.417 e. The lowest BCUT2D eigenvalue weighted by Gasteiger charge is -2.43. The highest BCUT2D eigenvalue weighted by Gasteiger charge is 2.36. The molecule has 1 N–H and O–H groups in total. The van der Waals surface area contributed by atoms with Crippen LogP contribution in [0, 0.1) is 11.3 Å². The van der Waals surface area contributed by atoms with Gasteiger partial charge in [-0.15, -0.1) is 0 Å². The van der Waals surface area contributed by atoms with Crippen LogP contribution in [0.4, 0.5) is 18.9 Å². The summed E-state index contributed by atoms with van der Waals surface area (Å²) in [5, 5.41) is 11.9. The number of halogens is 3. The van der Waals surface area contributed by atoms with Gasteiger partial charge in [0.1, 0.15) is 0 Å². The fraction of sp³-hybridized carbons (Fsp3) is 0.562. The Balaban J connectivity index is 2.19. The van der Waals surface area contributed by atoms with E-state index < -0.39 is 11.7 Å². The zero-order valence-electron chi connectivity index (χ0n) is 13.2. The maximum Gasteiger partial charge on any atom is 0.417 e. The van der Waals surface area contributed by atoms with Gasteiger partial charge in [-0.05, 0) is 45.1 Å². The molecule has 0 atom stereocenters. The molecule has 1 aromatic carbocycles. The van der Waals surface area contributed by atoms with E-state index in [1.165, 1.54) is 12.1 Å². The van der Waals surface area contributed by atoms with Crippen molar-refractivity contribution in [2.24, 2.45) is 0 Å². The molecule has 126 valence electrons. The molecule has 0 unspecified atom stereocenters. The molecule has 0 aliphatic carbocycles. The quantitative estimate of drug-likeness (QED) is 0.923. The summed E-state index contributed by atoms with van der Waals surface area (Å²) in [7, 11) is 3.93. The van der Waals surface area contributed by atoms with E-state index in [4.69, 9.17) is 10.00 Å². The first-order valence-electron chi connectivity index (χ1n) is 7.39. The van der Waals surface area contributed by atoms with Crippen molar-refractivity contribution < 1.29 is 17.9 Å². The maximum absolute atomic E-state index is 13.0. The van der Waals surface area contributed by atoms with E-state index in [1.807, 2.05) is 14.1 Å². The summed E-state index contributed by atoms with van der Waals surface area (Å²) in [6.45, 7) is 1.80. The summed E-state index contributed by atoms with van der Waals surface area (Å²) < 4.78 is 44.4. The second-order valence-electron chi connectivity index (χ2n) is 5.95. The second-order valence-corrected chi connectivity index (χ2v) is 5.95. The third kappa shape index (κ3) is 3.95. The van der Waals surface area contributed by atoms with Crippen LogP contribution in [0.2, 0.25) is 0 Å². The molecule has 23 heavy (non-hydrogen) atoms. The first-order chi connectivity index (χ1) is 10.8. The monoisotopic (exact) mass is 327 g/mol. The first kappa shape index (κ1) is 17.6. The Morgan fingerprint density at radius 1 is 1.30 bits per heavy atom. The van der Waals surface area contributed by atoms with Crippen molar-refractivity contribution in [1.29, 1.82) is 5.26 Å². The zero-order valence-corrected chi connectivity index (χ0v) is 13.2. The minimum absolute atomic E-state index is 0.148. The lowest BCUT2D eigenvalue weighted by atomic mass is 9.88. The van der Waals surface area contributed by atoms with Gasteiger partial charge >= 0.3 is 6.18 Å². The molecule has 7 heteroatoms. The molecule has 1 aliphatic rings. The molecule has 1 fully saturated rings.